The van der Waals surface area contributed by atoms with Gasteiger partial charge in [-0.05, 0) is 17.2 Å². The summed E-state index contributed by atoms with van der Waals surface area (Å²) in [6.45, 7) is -0.867. The van der Waals surface area contributed by atoms with E-state index in [1.165, 1.54) is 0 Å². The van der Waals surface area contributed by atoms with Crippen LogP contribution in [0.3, 0.4) is 0 Å². The molecule has 1 aromatic rings. The minimum Gasteiger partial charge on any atom is -0.315 e. The van der Waals surface area contributed by atoms with E-state index in [1.807, 2.05) is 0 Å². The van der Waals surface area contributed by atoms with Gasteiger partial charge in [0.05, 0.1) is 13.0 Å². The molecule has 1 amide bonds. The van der Waals surface area contributed by atoms with Crippen molar-refractivity contribution < 1.29 is 18.0 Å². The molecule has 1 aliphatic heterocycles. The maximum atomic E-state index is 12.0. The molecule has 1 heterocycles. The van der Waals surface area contributed by atoms with Gasteiger partial charge < -0.3 is 10.2 Å². The molecule has 0 spiro atoms. The van der Waals surface area contributed by atoms with Crippen molar-refractivity contribution in [2.45, 2.75) is 19.1 Å². The van der Waals surface area contributed by atoms with Crippen LogP contribution >= 0.6 is 0 Å². The smallest absolute Gasteiger partial charge is 0.315 e. The van der Waals surface area contributed by atoms with E-state index in [4.69, 9.17) is 0 Å². The second kappa shape index (κ2) is 4.61. The Balaban J connectivity index is 2.01. The van der Waals surface area contributed by atoms with Crippen molar-refractivity contribution >= 4 is 11.6 Å². The number of rotatable bonds is 3. The summed E-state index contributed by atoms with van der Waals surface area (Å²) in [5, 5.41) is 2.33. The van der Waals surface area contributed by atoms with Crippen LogP contribution in [0.5, 0.6) is 0 Å². The van der Waals surface area contributed by atoms with Crippen molar-refractivity contribution in [1.82, 2.24) is 5.32 Å². The van der Waals surface area contributed by atoms with Crippen molar-refractivity contribution in [2.75, 3.05) is 18.5 Å². The average molecular weight is 258 g/mol. The third kappa shape index (κ3) is 2.81. The number of alkyl halides is 3. The number of amides is 1. The highest BCUT2D eigenvalue weighted by molar-refractivity contribution is 6.00. The van der Waals surface area contributed by atoms with Crippen molar-refractivity contribution in [3.05, 3.63) is 29.3 Å². The monoisotopic (exact) mass is 258 g/mol. The van der Waals surface area contributed by atoms with Gasteiger partial charge in [-0.1, -0.05) is 12.1 Å². The molecule has 0 saturated carbocycles. The van der Waals surface area contributed by atoms with Gasteiger partial charge >= 0.3 is 6.18 Å². The van der Waals surface area contributed by atoms with Crippen LogP contribution in [0.2, 0.25) is 0 Å². The van der Waals surface area contributed by atoms with Crippen LogP contribution in [0.4, 0.5) is 18.9 Å². The number of halogens is 3. The molecule has 6 heteroatoms. The molecule has 18 heavy (non-hydrogen) atoms. The molecule has 98 valence electrons. The second-order valence-corrected chi connectivity index (χ2v) is 4.31. The van der Waals surface area contributed by atoms with Crippen LogP contribution in [0.15, 0.2) is 18.2 Å². The Kier molecular flexibility index (Phi) is 3.30. The highest BCUT2D eigenvalue weighted by atomic mass is 19.4. The predicted octanol–water partition coefficient (Wildman–Crippen LogP) is 1.86. The van der Waals surface area contributed by atoms with Crippen LogP contribution in [-0.4, -0.2) is 25.7 Å². The summed E-state index contributed by atoms with van der Waals surface area (Å²) in [7, 11) is 1.69. The Morgan fingerprint density at radius 2 is 2.11 bits per heavy atom. The first-order valence-electron chi connectivity index (χ1n) is 5.52. The lowest BCUT2D eigenvalue weighted by Crippen LogP contribution is -2.28. The van der Waals surface area contributed by atoms with E-state index in [-0.39, 0.29) is 12.5 Å². The number of hydrogen-bond donors (Lipinski definition) is 1. The number of hydrogen-bond acceptors (Lipinski definition) is 2. The zero-order valence-electron chi connectivity index (χ0n) is 9.84. The lowest BCUT2D eigenvalue weighted by molar-refractivity contribution is -0.125. The summed E-state index contributed by atoms with van der Waals surface area (Å²) in [4.78, 5) is 13.0. The Hall–Kier alpha value is -1.56. The molecule has 1 aromatic carbocycles. The van der Waals surface area contributed by atoms with E-state index >= 15 is 0 Å². The largest absolute Gasteiger partial charge is 0.401 e. The number of benzene rings is 1. The molecule has 2 rings (SSSR count). The van der Waals surface area contributed by atoms with Crippen molar-refractivity contribution in [3.8, 4) is 0 Å². The molecule has 0 fully saturated rings. The van der Waals surface area contributed by atoms with E-state index in [9.17, 15) is 18.0 Å². The number of likely N-dealkylation sites (N-methyl/N-ethyl adjacent to an activating group) is 1. The molecular formula is C12H13F3N2O. The third-order valence-electron chi connectivity index (χ3n) is 2.88. The number of fused-ring (bicyclic) bond motifs is 1. The predicted molar refractivity (Wildman–Crippen MR) is 61.3 cm³/mol. The maximum Gasteiger partial charge on any atom is 0.401 e. The summed E-state index contributed by atoms with van der Waals surface area (Å²) in [6.07, 6.45) is -3.88. The second-order valence-electron chi connectivity index (χ2n) is 4.31. The lowest BCUT2D eigenvalue weighted by Gasteiger charge is -2.11. The van der Waals surface area contributed by atoms with Crippen molar-refractivity contribution in [2.24, 2.45) is 0 Å². The minimum absolute atomic E-state index is 0.00500. The van der Waals surface area contributed by atoms with Gasteiger partial charge in [0.2, 0.25) is 5.91 Å². The number of anilines is 1. The highest BCUT2D eigenvalue weighted by Crippen LogP contribution is 2.28. The first kappa shape index (κ1) is 12.9. The molecule has 0 atom stereocenters. The van der Waals surface area contributed by atoms with E-state index in [0.29, 0.717) is 6.42 Å². The fourth-order valence-corrected chi connectivity index (χ4v) is 1.98. The molecule has 0 aliphatic carbocycles. The Labute approximate surface area is 103 Å². The molecule has 0 radical (unpaired) electrons. The molecule has 1 N–H and O–H groups in total. The van der Waals surface area contributed by atoms with Crippen LogP contribution in [0.25, 0.3) is 0 Å². The molecule has 1 aliphatic rings. The SMILES string of the molecule is CN1C(=O)Cc2cc(CNCC(F)(F)F)ccc21. The zero-order chi connectivity index (χ0) is 13.3. The molecule has 0 unspecified atom stereocenters. The summed E-state index contributed by atoms with van der Waals surface area (Å²) < 4.78 is 35.9. The van der Waals surface area contributed by atoms with E-state index in [1.54, 1.807) is 30.1 Å². The van der Waals surface area contributed by atoms with Gasteiger partial charge in [-0.2, -0.15) is 13.2 Å². The Bertz CT molecular complexity index is 471. The van der Waals surface area contributed by atoms with Gasteiger partial charge in [0.25, 0.3) is 0 Å². The average Bonchev–Trinajstić information content (AvgIpc) is 2.53. The highest BCUT2D eigenvalue weighted by Gasteiger charge is 2.26. The van der Waals surface area contributed by atoms with Gasteiger partial charge in [0, 0.05) is 19.3 Å². The number of carbonyl (C=O) groups excluding carboxylic acids is 1. The van der Waals surface area contributed by atoms with Gasteiger partial charge in [0.15, 0.2) is 0 Å². The lowest BCUT2D eigenvalue weighted by atomic mass is 10.1. The van der Waals surface area contributed by atoms with Crippen LogP contribution in [0.1, 0.15) is 11.1 Å². The summed E-state index contributed by atoms with van der Waals surface area (Å²) in [5.74, 6) is 0.00500. The fourth-order valence-electron chi connectivity index (χ4n) is 1.98. The third-order valence-corrected chi connectivity index (χ3v) is 2.88. The molecule has 3 nitrogen and oxygen atoms in total. The topological polar surface area (TPSA) is 32.3 Å². The first-order chi connectivity index (χ1) is 8.37. The Morgan fingerprint density at radius 3 is 2.78 bits per heavy atom. The van der Waals surface area contributed by atoms with Crippen LogP contribution in [-0.2, 0) is 17.8 Å². The van der Waals surface area contributed by atoms with Crippen molar-refractivity contribution in [1.29, 1.82) is 0 Å². The zero-order valence-corrected chi connectivity index (χ0v) is 9.84. The van der Waals surface area contributed by atoms with Gasteiger partial charge in [-0.25, -0.2) is 0 Å². The quantitative estimate of drug-likeness (QED) is 0.897. The van der Waals surface area contributed by atoms with Crippen LogP contribution < -0.4 is 10.2 Å². The molecule has 0 aromatic heterocycles. The fraction of sp³-hybridized carbons (Fsp3) is 0.417. The summed E-state index contributed by atoms with van der Waals surface area (Å²) in [5.41, 5.74) is 2.45. The maximum absolute atomic E-state index is 12.0. The van der Waals surface area contributed by atoms with Gasteiger partial charge in [0.1, 0.15) is 0 Å². The van der Waals surface area contributed by atoms with Crippen LogP contribution in [0, 0.1) is 0 Å². The Morgan fingerprint density at radius 1 is 1.39 bits per heavy atom. The van der Waals surface area contributed by atoms with E-state index in [2.05, 4.69) is 5.32 Å². The molecular weight excluding hydrogens is 245 g/mol. The van der Waals surface area contributed by atoms with E-state index < -0.39 is 12.7 Å². The number of nitrogens with one attached hydrogen (secondary N) is 1. The number of nitrogens with zero attached hydrogens (tertiary/aromatic N) is 1. The summed E-state index contributed by atoms with van der Waals surface area (Å²) >= 11 is 0. The van der Waals surface area contributed by atoms with Crippen molar-refractivity contribution in [3.63, 3.8) is 0 Å². The van der Waals surface area contributed by atoms with Gasteiger partial charge in [-0.3, -0.25) is 4.79 Å². The number of carbonyl (C=O) groups is 1. The molecule has 0 saturated heterocycles. The van der Waals surface area contributed by atoms with Gasteiger partial charge in [-0.15, -0.1) is 0 Å². The standard InChI is InChI=1S/C12H13F3N2O/c1-17-10-3-2-8(4-9(10)5-11(17)18)6-16-7-12(13,14)15/h2-4,16H,5-7H2,1H3. The van der Waals surface area contributed by atoms with E-state index in [0.717, 1.165) is 16.8 Å². The minimum atomic E-state index is -4.20. The first-order valence-corrected chi connectivity index (χ1v) is 5.52. The summed E-state index contributed by atoms with van der Waals surface area (Å²) in [6, 6.07) is 5.28. The normalized spacial score (nSPS) is 15.1. The molecule has 0 bridgehead atoms.